The molecule has 1 heterocycles. The van der Waals surface area contributed by atoms with Gasteiger partial charge in [-0.25, -0.2) is 0 Å². The van der Waals surface area contributed by atoms with Gasteiger partial charge in [-0.2, -0.15) is 0 Å². The molecule has 0 spiro atoms. The van der Waals surface area contributed by atoms with Crippen LogP contribution in [0.2, 0.25) is 0 Å². The average Bonchev–Trinajstić information content (AvgIpc) is 3.18. The molecule has 0 bridgehead atoms. The monoisotopic (exact) mass is 375 g/mol. The van der Waals surface area contributed by atoms with Gasteiger partial charge in [-0.15, -0.1) is 0 Å². The van der Waals surface area contributed by atoms with Crippen LogP contribution >= 0.6 is 0 Å². The molecule has 0 aromatic heterocycles. The Hall–Kier alpha value is -2.98. The van der Waals surface area contributed by atoms with E-state index >= 15 is 0 Å². The molecule has 1 aliphatic heterocycles. The number of methoxy groups -OCH3 is 2. The van der Waals surface area contributed by atoms with E-state index in [0.717, 1.165) is 29.7 Å². The Balaban J connectivity index is 1.63. The molecule has 0 fully saturated rings. The average molecular weight is 375 g/mol. The van der Waals surface area contributed by atoms with Gasteiger partial charge in [-0.05, 0) is 23.6 Å². The second-order valence-electron chi connectivity index (χ2n) is 7.05. The fraction of sp³-hybridized carbons (Fsp3) is 0.250. The molecule has 2 unspecified atom stereocenters. The molecule has 4 rings (SSSR count). The maximum absolute atomic E-state index is 6.51. The van der Waals surface area contributed by atoms with Crippen LogP contribution in [0.25, 0.3) is 11.1 Å². The lowest BCUT2D eigenvalue weighted by atomic mass is 9.97. The van der Waals surface area contributed by atoms with Crippen LogP contribution in [0.4, 0.5) is 0 Å². The molecule has 2 N–H and O–H groups in total. The van der Waals surface area contributed by atoms with Gasteiger partial charge in [0.05, 0.1) is 14.2 Å². The van der Waals surface area contributed by atoms with Gasteiger partial charge in [-0.3, -0.25) is 0 Å². The Morgan fingerprint density at radius 3 is 2.43 bits per heavy atom. The van der Waals surface area contributed by atoms with Crippen LogP contribution in [0.1, 0.15) is 11.1 Å². The summed E-state index contributed by atoms with van der Waals surface area (Å²) in [6.07, 6.45) is 1.55. The van der Waals surface area contributed by atoms with E-state index in [1.165, 1.54) is 11.1 Å². The summed E-state index contributed by atoms with van der Waals surface area (Å²) in [5.41, 5.74) is 10.9. The highest BCUT2D eigenvalue weighted by atomic mass is 16.5. The number of hydrogen-bond acceptors (Lipinski definition) is 4. The van der Waals surface area contributed by atoms with Crippen LogP contribution < -0.4 is 19.9 Å². The molecular formula is C24H25NO3. The lowest BCUT2D eigenvalue weighted by Crippen LogP contribution is -2.39. The number of rotatable bonds is 6. The highest BCUT2D eigenvalue weighted by Crippen LogP contribution is 2.45. The third-order valence-electron chi connectivity index (χ3n) is 5.27. The van der Waals surface area contributed by atoms with E-state index < -0.39 is 0 Å². The van der Waals surface area contributed by atoms with Gasteiger partial charge >= 0.3 is 0 Å². The van der Waals surface area contributed by atoms with Crippen molar-refractivity contribution in [2.75, 3.05) is 14.2 Å². The first-order valence-electron chi connectivity index (χ1n) is 9.50. The van der Waals surface area contributed by atoms with Crippen molar-refractivity contribution in [3.8, 4) is 28.4 Å². The SMILES string of the molecule is COc1cccc(-c2cccc3c2OC(C(N)Cc2ccccc2)C3)c1OC. The maximum atomic E-state index is 6.51. The topological polar surface area (TPSA) is 53.7 Å². The molecule has 3 aromatic rings. The fourth-order valence-electron chi connectivity index (χ4n) is 3.86. The lowest BCUT2D eigenvalue weighted by molar-refractivity contribution is 0.199. The van der Waals surface area contributed by atoms with E-state index in [-0.39, 0.29) is 12.1 Å². The molecule has 2 atom stereocenters. The highest BCUT2D eigenvalue weighted by molar-refractivity contribution is 5.80. The van der Waals surface area contributed by atoms with Gasteiger partial charge in [0.25, 0.3) is 0 Å². The van der Waals surface area contributed by atoms with Crippen LogP contribution in [0, 0.1) is 0 Å². The summed E-state index contributed by atoms with van der Waals surface area (Å²) >= 11 is 0. The second kappa shape index (κ2) is 7.95. The Morgan fingerprint density at radius 1 is 0.929 bits per heavy atom. The quantitative estimate of drug-likeness (QED) is 0.700. The Bertz CT molecular complexity index is 955. The summed E-state index contributed by atoms with van der Waals surface area (Å²) < 4.78 is 17.5. The molecule has 144 valence electrons. The molecule has 0 saturated carbocycles. The Labute approximate surface area is 165 Å². The predicted octanol–water partition coefficient (Wildman–Crippen LogP) is 4.24. The van der Waals surface area contributed by atoms with E-state index in [2.05, 4.69) is 30.3 Å². The van der Waals surface area contributed by atoms with Gasteiger partial charge in [0.2, 0.25) is 0 Å². The first-order valence-corrected chi connectivity index (χ1v) is 9.50. The standard InChI is InChI=1S/C24H25NO3/c1-26-21-13-7-12-19(24(21)27-2)18-11-6-10-17-15-22(28-23(17)18)20(25)14-16-8-4-3-5-9-16/h3-13,20,22H,14-15,25H2,1-2H3. The van der Waals surface area contributed by atoms with Crippen molar-refractivity contribution in [2.24, 2.45) is 5.73 Å². The number of hydrogen-bond donors (Lipinski definition) is 1. The molecule has 0 aliphatic carbocycles. The van der Waals surface area contributed by atoms with Gasteiger partial charge < -0.3 is 19.9 Å². The summed E-state index contributed by atoms with van der Waals surface area (Å²) in [6, 6.07) is 22.3. The minimum atomic E-state index is -0.0742. The first kappa shape index (κ1) is 18.4. The molecule has 0 saturated heterocycles. The highest BCUT2D eigenvalue weighted by Gasteiger charge is 2.31. The smallest absolute Gasteiger partial charge is 0.168 e. The molecule has 4 heteroatoms. The van der Waals surface area contributed by atoms with Crippen LogP contribution in [0.5, 0.6) is 17.2 Å². The van der Waals surface area contributed by atoms with Gasteiger partial charge in [-0.1, -0.05) is 60.7 Å². The molecule has 4 nitrogen and oxygen atoms in total. The number of benzene rings is 3. The van der Waals surface area contributed by atoms with Crippen LogP contribution in [0.3, 0.4) is 0 Å². The summed E-state index contributed by atoms with van der Waals surface area (Å²) in [4.78, 5) is 0. The zero-order valence-corrected chi connectivity index (χ0v) is 16.2. The van der Waals surface area contributed by atoms with Crippen LogP contribution in [-0.2, 0) is 12.8 Å². The number of ether oxygens (including phenoxy) is 3. The van der Waals surface area contributed by atoms with E-state index in [9.17, 15) is 0 Å². The van der Waals surface area contributed by atoms with Crippen molar-refractivity contribution in [1.29, 1.82) is 0 Å². The zero-order valence-electron chi connectivity index (χ0n) is 16.2. The molecule has 0 radical (unpaired) electrons. The number of fused-ring (bicyclic) bond motifs is 1. The normalized spacial score (nSPS) is 16.2. The Kier molecular flexibility index (Phi) is 5.22. The van der Waals surface area contributed by atoms with E-state index in [4.69, 9.17) is 19.9 Å². The first-order chi connectivity index (χ1) is 13.7. The minimum absolute atomic E-state index is 0.0482. The van der Waals surface area contributed by atoms with Crippen LogP contribution in [0.15, 0.2) is 66.7 Å². The third kappa shape index (κ3) is 3.43. The van der Waals surface area contributed by atoms with Gasteiger partial charge in [0.15, 0.2) is 11.5 Å². The summed E-state index contributed by atoms with van der Waals surface area (Å²) in [7, 11) is 3.30. The van der Waals surface area contributed by atoms with Crippen molar-refractivity contribution in [1.82, 2.24) is 0 Å². The Morgan fingerprint density at radius 2 is 1.68 bits per heavy atom. The molecular weight excluding hydrogens is 350 g/mol. The summed E-state index contributed by atoms with van der Waals surface area (Å²) in [5.74, 6) is 2.30. The van der Waals surface area contributed by atoms with Gasteiger partial charge in [0.1, 0.15) is 11.9 Å². The van der Waals surface area contributed by atoms with Crippen molar-refractivity contribution >= 4 is 0 Å². The molecule has 3 aromatic carbocycles. The molecule has 1 aliphatic rings. The minimum Gasteiger partial charge on any atom is -0.493 e. The summed E-state index contributed by atoms with van der Waals surface area (Å²) in [5, 5.41) is 0. The van der Waals surface area contributed by atoms with Crippen molar-refractivity contribution in [3.63, 3.8) is 0 Å². The third-order valence-corrected chi connectivity index (χ3v) is 5.27. The maximum Gasteiger partial charge on any atom is 0.168 e. The predicted molar refractivity (Wildman–Crippen MR) is 111 cm³/mol. The number of nitrogens with two attached hydrogens (primary N) is 1. The van der Waals surface area contributed by atoms with Crippen LogP contribution in [-0.4, -0.2) is 26.4 Å². The summed E-state index contributed by atoms with van der Waals surface area (Å²) in [6.45, 7) is 0. The van der Waals surface area contributed by atoms with Crippen molar-refractivity contribution < 1.29 is 14.2 Å². The van der Waals surface area contributed by atoms with Crippen molar-refractivity contribution in [2.45, 2.75) is 25.0 Å². The largest absolute Gasteiger partial charge is 0.493 e. The second-order valence-corrected chi connectivity index (χ2v) is 7.05. The fourth-order valence-corrected chi connectivity index (χ4v) is 3.86. The van der Waals surface area contributed by atoms with Gasteiger partial charge in [0, 0.05) is 23.6 Å². The molecule has 28 heavy (non-hydrogen) atoms. The van der Waals surface area contributed by atoms with E-state index in [1.807, 2.05) is 36.4 Å². The number of para-hydroxylation sites is 2. The van der Waals surface area contributed by atoms with E-state index in [0.29, 0.717) is 11.5 Å². The van der Waals surface area contributed by atoms with Crippen molar-refractivity contribution in [3.05, 3.63) is 77.9 Å². The molecule has 0 amide bonds. The lowest BCUT2D eigenvalue weighted by Gasteiger charge is -2.20. The van der Waals surface area contributed by atoms with E-state index in [1.54, 1.807) is 14.2 Å². The zero-order chi connectivity index (χ0) is 19.5.